The van der Waals surface area contributed by atoms with Crippen molar-refractivity contribution in [1.82, 2.24) is 35.4 Å². The number of hydrogen-bond donors (Lipinski definition) is 3. The number of nitrogens with one attached hydrogen (secondary N) is 3. The van der Waals surface area contributed by atoms with Gasteiger partial charge in [-0.05, 0) is 69.9 Å². The van der Waals surface area contributed by atoms with Gasteiger partial charge in [-0.2, -0.15) is 0 Å². The standard InChI is InChI=1S/C39H48FN7O8S/c1-5-26-35(43-30-17-24(40)13-14-27(30)41-26)54-25-18-31-33(48)44-39(37(51)46-56(52,53)38(4)15-16-38)20-23(39)11-9-7-6-8-10-12-28(36(50)47(31)21-25)42-34(49)32-19-29(22(2)3)45-55-32/h9,11,13-14,17,19,22-23,25,28,31H,5-8,10,12,15-16,18,20-21H2,1-4H3,(H,42,49)(H,44,48)(H,46,51)/b11-9-/t23-,25-,28+,31+,39-/m1/s1. The van der Waals surface area contributed by atoms with Gasteiger partial charge in [0.05, 0.1) is 28.0 Å². The Kier molecular flexibility index (Phi) is 10.7. The van der Waals surface area contributed by atoms with Gasteiger partial charge in [-0.1, -0.05) is 50.9 Å². The van der Waals surface area contributed by atoms with Gasteiger partial charge in [0.15, 0.2) is 0 Å². The molecule has 17 heteroatoms. The Hall–Kier alpha value is -4.93. The van der Waals surface area contributed by atoms with Crippen LogP contribution in [0.15, 0.2) is 40.9 Å². The number of fused-ring (bicyclic) bond motifs is 3. The number of carbonyl (C=O) groups excluding carboxylic acids is 4. The maximum atomic E-state index is 14.6. The molecule has 56 heavy (non-hydrogen) atoms. The summed E-state index contributed by atoms with van der Waals surface area (Å²) in [7, 11) is -4.02. The van der Waals surface area contributed by atoms with E-state index in [1.165, 1.54) is 29.2 Å². The highest BCUT2D eigenvalue weighted by Gasteiger charge is 2.63. The van der Waals surface area contributed by atoms with Crippen molar-refractivity contribution >= 4 is 44.7 Å². The van der Waals surface area contributed by atoms with Gasteiger partial charge in [0.1, 0.15) is 35.2 Å². The highest BCUT2D eigenvalue weighted by molar-refractivity contribution is 7.91. The van der Waals surface area contributed by atoms with Gasteiger partial charge in [0.2, 0.25) is 33.5 Å². The zero-order chi connectivity index (χ0) is 40.0. The molecule has 3 fully saturated rings. The molecule has 4 aliphatic rings. The molecule has 2 aliphatic heterocycles. The first-order valence-corrected chi connectivity index (χ1v) is 20.9. The van der Waals surface area contributed by atoms with E-state index < -0.39 is 73.9 Å². The van der Waals surface area contributed by atoms with Crippen LogP contribution in [0.5, 0.6) is 5.88 Å². The van der Waals surface area contributed by atoms with Crippen molar-refractivity contribution in [2.24, 2.45) is 5.92 Å². The summed E-state index contributed by atoms with van der Waals surface area (Å²) in [5.41, 5.74) is 0.261. The molecule has 5 atom stereocenters. The number of aromatic nitrogens is 3. The number of halogens is 1. The van der Waals surface area contributed by atoms with Crippen LogP contribution in [0.2, 0.25) is 0 Å². The summed E-state index contributed by atoms with van der Waals surface area (Å²) >= 11 is 0. The molecule has 2 saturated carbocycles. The number of amides is 4. The van der Waals surface area contributed by atoms with E-state index >= 15 is 0 Å². The Morgan fingerprint density at radius 2 is 1.91 bits per heavy atom. The number of nitrogens with zero attached hydrogens (tertiary/aromatic N) is 4. The van der Waals surface area contributed by atoms with Gasteiger partial charge in [-0.15, -0.1) is 0 Å². The Bertz CT molecular complexity index is 2190. The Morgan fingerprint density at radius 3 is 2.62 bits per heavy atom. The number of benzene rings is 1. The lowest BCUT2D eigenvalue weighted by Gasteiger charge is -2.29. The van der Waals surface area contributed by atoms with Crippen LogP contribution in [0.1, 0.15) is 113 Å². The van der Waals surface area contributed by atoms with E-state index in [2.05, 4.69) is 30.5 Å². The van der Waals surface area contributed by atoms with Gasteiger partial charge >= 0.3 is 0 Å². The molecule has 0 radical (unpaired) electrons. The minimum Gasteiger partial charge on any atom is -0.471 e. The highest BCUT2D eigenvalue weighted by Crippen LogP contribution is 2.47. The minimum absolute atomic E-state index is 0.00288. The van der Waals surface area contributed by atoms with Crippen molar-refractivity contribution in [2.45, 2.75) is 126 Å². The summed E-state index contributed by atoms with van der Waals surface area (Å²) in [4.78, 5) is 66.9. The van der Waals surface area contributed by atoms with Crippen LogP contribution < -0.4 is 20.1 Å². The second-order valence-electron chi connectivity index (χ2n) is 16.0. The third-order valence-corrected chi connectivity index (χ3v) is 13.6. The largest absolute Gasteiger partial charge is 0.471 e. The van der Waals surface area contributed by atoms with Crippen LogP contribution in [-0.2, 0) is 30.8 Å². The zero-order valence-corrected chi connectivity index (χ0v) is 32.8. The summed E-state index contributed by atoms with van der Waals surface area (Å²) in [5, 5.41) is 9.65. The zero-order valence-electron chi connectivity index (χ0n) is 32.0. The van der Waals surface area contributed by atoms with E-state index in [9.17, 15) is 32.0 Å². The molecule has 300 valence electrons. The first-order chi connectivity index (χ1) is 26.6. The molecule has 3 N–H and O–H groups in total. The SMILES string of the molecule is CCc1nc2ccc(F)cc2nc1O[C@@H]1C[C@H]2C(=O)N[C@]3(C(=O)NS(=O)(=O)C4(C)CC4)C[C@H]3/C=C\CCCCC[C@H](NC(=O)c3cc(C(C)C)no3)C(=O)N2C1. The lowest BCUT2D eigenvalue weighted by atomic mass is 10.0. The number of rotatable bonds is 9. The van der Waals surface area contributed by atoms with Crippen LogP contribution in [-0.4, -0.2) is 87.1 Å². The number of aryl methyl sites for hydroxylation is 1. The fourth-order valence-electron chi connectivity index (χ4n) is 7.37. The molecule has 1 aromatic carbocycles. The normalized spacial score (nSPS) is 27.0. The molecule has 0 unspecified atom stereocenters. The molecule has 2 aliphatic carbocycles. The van der Waals surface area contributed by atoms with E-state index in [1.807, 2.05) is 32.9 Å². The van der Waals surface area contributed by atoms with Crippen LogP contribution in [0.3, 0.4) is 0 Å². The summed E-state index contributed by atoms with van der Waals surface area (Å²) in [6.07, 6.45) is 7.38. The maximum absolute atomic E-state index is 14.6. The second kappa shape index (κ2) is 15.2. The molecule has 2 aromatic heterocycles. The molecule has 1 saturated heterocycles. The monoisotopic (exact) mass is 793 g/mol. The Labute approximate surface area is 324 Å². The first kappa shape index (κ1) is 39.3. The first-order valence-electron chi connectivity index (χ1n) is 19.4. The van der Waals surface area contributed by atoms with Crippen molar-refractivity contribution in [1.29, 1.82) is 0 Å². The van der Waals surface area contributed by atoms with E-state index in [0.717, 1.165) is 12.8 Å². The fraction of sp³-hybridized carbons (Fsp3) is 0.564. The predicted molar refractivity (Wildman–Crippen MR) is 201 cm³/mol. The molecule has 7 rings (SSSR count). The summed E-state index contributed by atoms with van der Waals surface area (Å²) in [6.45, 7) is 7.16. The van der Waals surface area contributed by atoms with Crippen LogP contribution in [0, 0.1) is 11.7 Å². The Balaban J connectivity index is 1.20. The predicted octanol–water partition coefficient (Wildman–Crippen LogP) is 3.98. The number of hydrogen-bond acceptors (Lipinski definition) is 11. The van der Waals surface area contributed by atoms with Gasteiger partial charge in [-0.25, -0.2) is 22.8 Å². The summed E-state index contributed by atoms with van der Waals surface area (Å²) in [5.74, 6) is -3.58. The number of sulfonamides is 1. The summed E-state index contributed by atoms with van der Waals surface area (Å²) in [6, 6.07) is 3.34. The van der Waals surface area contributed by atoms with Crippen LogP contribution >= 0.6 is 0 Å². The average molecular weight is 794 g/mol. The van der Waals surface area contributed by atoms with E-state index in [1.54, 1.807) is 6.92 Å². The van der Waals surface area contributed by atoms with E-state index in [-0.39, 0.29) is 48.9 Å². The van der Waals surface area contributed by atoms with Crippen LogP contribution in [0.25, 0.3) is 11.0 Å². The van der Waals surface area contributed by atoms with Crippen molar-refractivity contribution in [2.75, 3.05) is 6.54 Å². The topological polar surface area (TPSA) is 203 Å². The highest BCUT2D eigenvalue weighted by atomic mass is 32.2. The molecular formula is C39H48FN7O8S. The average Bonchev–Trinajstić information content (AvgIpc) is 3.92. The van der Waals surface area contributed by atoms with Crippen molar-refractivity contribution < 1.29 is 41.2 Å². The number of ether oxygens (including phenoxy) is 1. The third-order valence-electron chi connectivity index (χ3n) is 11.4. The molecule has 0 bridgehead atoms. The third kappa shape index (κ3) is 7.86. The Morgan fingerprint density at radius 1 is 1.12 bits per heavy atom. The molecule has 3 aromatic rings. The molecule has 4 heterocycles. The number of carbonyl (C=O) groups is 4. The molecular weight excluding hydrogens is 746 g/mol. The van der Waals surface area contributed by atoms with Crippen molar-refractivity contribution in [3.63, 3.8) is 0 Å². The smallest absolute Gasteiger partial charge is 0.290 e. The minimum atomic E-state index is -4.02. The van der Waals surface area contributed by atoms with Crippen molar-refractivity contribution in [3.05, 3.63) is 59.4 Å². The van der Waals surface area contributed by atoms with Gasteiger partial charge in [-0.3, -0.25) is 23.9 Å². The van der Waals surface area contributed by atoms with E-state index in [4.69, 9.17) is 9.26 Å². The van der Waals surface area contributed by atoms with Gasteiger partial charge in [0.25, 0.3) is 11.8 Å². The van der Waals surface area contributed by atoms with Crippen LogP contribution in [0.4, 0.5) is 4.39 Å². The van der Waals surface area contributed by atoms with E-state index in [0.29, 0.717) is 49.0 Å². The maximum Gasteiger partial charge on any atom is 0.290 e. The van der Waals surface area contributed by atoms with Gasteiger partial charge < -0.3 is 24.8 Å². The van der Waals surface area contributed by atoms with Crippen molar-refractivity contribution in [3.8, 4) is 5.88 Å². The number of allylic oxidation sites excluding steroid dienone is 1. The second-order valence-corrected chi connectivity index (χ2v) is 18.2. The molecule has 15 nitrogen and oxygen atoms in total. The lowest BCUT2D eigenvalue weighted by Crippen LogP contribution is -2.58. The fourth-order valence-corrected chi connectivity index (χ4v) is 8.69. The lowest BCUT2D eigenvalue weighted by molar-refractivity contribution is -0.141. The van der Waals surface area contributed by atoms with Gasteiger partial charge in [0, 0.05) is 24.5 Å². The summed E-state index contributed by atoms with van der Waals surface area (Å²) < 4.78 is 53.3. The molecule has 4 amide bonds. The molecule has 0 spiro atoms. The quantitative estimate of drug-likeness (QED) is 0.265.